The Morgan fingerprint density at radius 1 is 1.10 bits per heavy atom. The minimum atomic E-state index is -0.0447. The second-order valence-electron chi connectivity index (χ2n) is 7.81. The lowest BCUT2D eigenvalue weighted by Gasteiger charge is -2.32. The topological polar surface area (TPSA) is 81.9 Å². The summed E-state index contributed by atoms with van der Waals surface area (Å²) in [5, 5.41) is 4.28. The highest BCUT2D eigenvalue weighted by atomic mass is 16.5. The number of morpholine rings is 1. The Kier molecular flexibility index (Phi) is 4.50. The van der Waals surface area contributed by atoms with Crippen molar-refractivity contribution in [1.82, 2.24) is 29.7 Å². The molecule has 0 radical (unpaired) electrons. The molecule has 2 aliphatic rings. The zero-order chi connectivity index (χ0) is 20.0. The van der Waals surface area contributed by atoms with E-state index in [1.165, 1.54) is 5.57 Å². The molecule has 1 unspecified atom stereocenters. The van der Waals surface area contributed by atoms with Gasteiger partial charge < -0.3 is 9.64 Å². The van der Waals surface area contributed by atoms with E-state index in [1.807, 2.05) is 33.3 Å². The third kappa shape index (κ3) is 3.37. The molecule has 0 amide bonds. The quantitative estimate of drug-likeness (QED) is 0.679. The maximum atomic E-state index is 5.99. The molecule has 1 fully saturated rings. The van der Waals surface area contributed by atoms with Crippen LogP contribution < -0.4 is 4.90 Å². The molecule has 0 spiro atoms. The number of allylic oxidation sites excluding steroid dienone is 2. The number of rotatable bonds is 3. The first kappa shape index (κ1) is 18.2. The first-order valence-electron chi connectivity index (χ1n) is 10.2. The molecule has 4 heterocycles. The van der Waals surface area contributed by atoms with Crippen LogP contribution in [-0.2, 0) is 11.8 Å². The van der Waals surface area contributed by atoms with Crippen molar-refractivity contribution in [2.75, 3.05) is 24.6 Å². The smallest absolute Gasteiger partial charge is 0.228 e. The average Bonchev–Trinajstić information content (AvgIpc) is 3.40. The van der Waals surface area contributed by atoms with E-state index < -0.39 is 0 Å². The molecular formula is C21H25N7O. The van der Waals surface area contributed by atoms with Crippen molar-refractivity contribution in [3.05, 3.63) is 41.1 Å². The Bertz CT molecular complexity index is 1100. The minimum Gasteiger partial charge on any atom is -0.370 e. The van der Waals surface area contributed by atoms with E-state index in [1.54, 1.807) is 4.68 Å². The summed E-state index contributed by atoms with van der Waals surface area (Å²) in [5.74, 6) is 0.704. The zero-order valence-corrected chi connectivity index (χ0v) is 17.1. The lowest BCUT2D eigenvalue weighted by atomic mass is 10.1. The second-order valence-corrected chi connectivity index (χ2v) is 7.81. The molecule has 0 N–H and O–H groups in total. The number of aryl methyl sites for hydroxylation is 3. The summed E-state index contributed by atoms with van der Waals surface area (Å²) in [5.41, 5.74) is 6.58. The number of hydrogen-bond acceptors (Lipinski definition) is 7. The summed E-state index contributed by atoms with van der Waals surface area (Å²) in [7, 11) is 1.92. The van der Waals surface area contributed by atoms with Gasteiger partial charge in [-0.2, -0.15) is 10.1 Å². The first-order valence-corrected chi connectivity index (χ1v) is 10.2. The normalized spacial score (nSPS) is 19.8. The molecule has 8 heteroatoms. The van der Waals surface area contributed by atoms with Gasteiger partial charge in [0.1, 0.15) is 11.6 Å². The Balaban J connectivity index is 1.56. The van der Waals surface area contributed by atoms with Gasteiger partial charge in [0, 0.05) is 25.4 Å². The Morgan fingerprint density at radius 2 is 1.97 bits per heavy atom. The maximum absolute atomic E-state index is 5.99. The van der Waals surface area contributed by atoms with E-state index in [0.29, 0.717) is 24.7 Å². The molecule has 0 aromatic carbocycles. The van der Waals surface area contributed by atoms with E-state index in [4.69, 9.17) is 24.7 Å². The number of nitrogens with zero attached hydrogens (tertiary/aromatic N) is 7. The molecule has 0 saturated carbocycles. The third-order valence-electron chi connectivity index (χ3n) is 5.72. The fraction of sp³-hybridized carbons (Fsp3) is 0.476. The molecule has 0 bridgehead atoms. The Labute approximate surface area is 169 Å². The van der Waals surface area contributed by atoms with Gasteiger partial charge in [-0.05, 0) is 38.7 Å². The molecule has 1 aliphatic heterocycles. The van der Waals surface area contributed by atoms with Gasteiger partial charge in [-0.3, -0.25) is 4.68 Å². The highest BCUT2D eigenvalue weighted by Gasteiger charge is 2.27. The van der Waals surface area contributed by atoms with E-state index >= 15 is 0 Å². The van der Waals surface area contributed by atoms with Crippen LogP contribution in [0.4, 0.5) is 5.95 Å². The van der Waals surface area contributed by atoms with Crippen LogP contribution in [0.5, 0.6) is 0 Å². The van der Waals surface area contributed by atoms with Crippen molar-refractivity contribution in [3.8, 4) is 0 Å². The van der Waals surface area contributed by atoms with E-state index in [2.05, 4.69) is 16.1 Å². The first-order chi connectivity index (χ1) is 14.1. The fourth-order valence-corrected chi connectivity index (χ4v) is 3.99. The maximum Gasteiger partial charge on any atom is 0.228 e. The molecule has 5 rings (SSSR count). The number of fused-ring (bicyclic) bond motifs is 1. The van der Waals surface area contributed by atoms with Crippen LogP contribution in [0.3, 0.4) is 0 Å². The summed E-state index contributed by atoms with van der Waals surface area (Å²) >= 11 is 0. The molecule has 8 nitrogen and oxygen atoms in total. The summed E-state index contributed by atoms with van der Waals surface area (Å²) in [4.78, 5) is 21.5. The van der Waals surface area contributed by atoms with Crippen LogP contribution >= 0.6 is 0 Å². The van der Waals surface area contributed by atoms with Crippen molar-refractivity contribution in [2.45, 2.75) is 39.2 Å². The average molecular weight is 391 g/mol. The largest absolute Gasteiger partial charge is 0.370 e. The SMILES string of the molecule is Cc1nc2nc(N3CCOC(c4cnn(C)c4)C3)nc(C3=CCCC3)c2nc1C. The zero-order valence-electron chi connectivity index (χ0n) is 17.1. The van der Waals surface area contributed by atoms with Crippen LogP contribution in [-0.4, -0.2) is 49.4 Å². The Morgan fingerprint density at radius 3 is 2.72 bits per heavy atom. The number of anilines is 1. The van der Waals surface area contributed by atoms with Crippen molar-refractivity contribution >= 4 is 22.7 Å². The highest BCUT2D eigenvalue weighted by molar-refractivity contribution is 5.86. The lowest BCUT2D eigenvalue weighted by molar-refractivity contribution is 0.0392. The van der Waals surface area contributed by atoms with Crippen molar-refractivity contribution in [3.63, 3.8) is 0 Å². The van der Waals surface area contributed by atoms with E-state index in [9.17, 15) is 0 Å². The van der Waals surface area contributed by atoms with Crippen LogP contribution in [0.1, 0.15) is 48.0 Å². The van der Waals surface area contributed by atoms with Crippen LogP contribution in [0, 0.1) is 13.8 Å². The van der Waals surface area contributed by atoms with E-state index in [0.717, 1.165) is 54.0 Å². The predicted molar refractivity (Wildman–Crippen MR) is 111 cm³/mol. The van der Waals surface area contributed by atoms with Crippen LogP contribution in [0.15, 0.2) is 18.5 Å². The Hall–Kier alpha value is -2.87. The highest BCUT2D eigenvalue weighted by Crippen LogP contribution is 2.32. The van der Waals surface area contributed by atoms with Gasteiger partial charge in [0.15, 0.2) is 5.65 Å². The number of ether oxygens (including phenoxy) is 1. The molecule has 3 aromatic heterocycles. The second kappa shape index (κ2) is 7.18. The summed E-state index contributed by atoms with van der Waals surface area (Å²) in [6.07, 6.45) is 9.38. The summed E-state index contributed by atoms with van der Waals surface area (Å²) in [6.45, 7) is 6.03. The van der Waals surface area contributed by atoms with Gasteiger partial charge in [-0.1, -0.05) is 6.08 Å². The van der Waals surface area contributed by atoms with Gasteiger partial charge in [0.05, 0.1) is 36.4 Å². The minimum absolute atomic E-state index is 0.0447. The van der Waals surface area contributed by atoms with Gasteiger partial charge >= 0.3 is 0 Å². The van der Waals surface area contributed by atoms with E-state index in [-0.39, 0.29) is 6.10 Å². The van der Waals surface area contributed by atoms with Gasteiger partial charge in [0.25, 0.3) is 0 Å². The van der Waals surface area contributed by atoms with Gasteiger partial charge in [-0.15, -0.1) is 0 Å². The number of aromatic nitrogens is 6. The van der Waals surface area contributed by atoms with Crippen molar-refractivity contribution in [1.29, 1.82) is 0 Å². The molecule has 29 heavy (non-hydrogen) atoms. The number of hydrogen-bond donors (Lipinski definition) is 0. The monoisotopic (exact) mass is 391 g/mol. The molecule has 3 aromatic rings. The standard InChI is InChI=1S/C21H25N7O/c1-13-14(2)24-20-19(23-13)18(15-6-4-5-7-15)25-21(26-20)28-8-9-29-17(12-28)16-10-22-27(3)11-16/h6,10-11,17H,4-5,7-9,12H2,1-3H3. The molecular weight excluding hydrogens is 366 g/mol. The van der Waals surface area contributed by atoms with Crippen LogP contribution in [0.25, 0.3) is 16.7 Å². The van der Waals surface area contributed by atoms with Crippen molar-refractivity contribution < 1.29 is 4.74 Å². The van der Waals surface area contributed by atoms with Gasteiger partial charge in [-0.25, -0.2) is 15.0 Å². The lowest BCUT2D eigenvalue weighted by Crippen LogP contribution is -2.39. The third-order valence-corrected chi connectivity index (χ3v) is 5.72. The fourth-order valence-electron chi connectivity index (χ4n) is 3.99. The molecule has 1 atom stereocenters. The molecule has 150 valence electrons. The van der Waals surface area contributed by atoms with Crippen LogP contribution in [0.2, 0.25) is 0 Å². The van der Waals surface area contributed by atoms with Gasteiger partial charge in [0.2, 0.25) is 5.95 Å². The predicted octanol–water partition coefficient (Wildman–Crippen LogP) is 2.92. The molecule has 1 aliphatic carbocycles. The summed E-state index contributed by atoms with van der Waals surface area (Å²) < 4.78 is 7.79. The van der Waals surface area contributed by atoms with Crippen molar-refractivity contribution in [2.24, 2.45) is 7.05 Å². The molecule has 1 saturated heterocycles. The summed E-state index contributed by atoms with van der Waals surface area (Å²) in [6, 6.07) is 0.